The van der Waals surface area contributed by atoms with E-state index in [9.17, 15) is 14.4 Å². The van der Waals surface area contributed by atoms with E-state index >= 15 is 0 Å². The number of carbonyl (C=O) groups excluding carboxylic acids is 3. The van der Waals surface area contributed by atoms with Gasteiger partial charge in [0.1, 0.15) is 5.75 Å². The molecule has 0 radical (unpaired) electrons. The van der Waals surface area contributed by atoms with Crippen molar-refractivity contribution in [3.05, 3.63) is 24.3 Å². The highest BCUT2D eigenvalue weighted by Crippen LogP contribution is 2.55. The second kappa shape index (κ2) is 11.6. The van der Waals surface area contributed by atoms with Crippen molar-refractivity contribution >= 4 is 23.6 Å². The Morgan fingerprint density at radius 2 is 1.72 bits per heavy atom. The molecule has 0 spiro atoms. The van der Waals surface area contributed by atoms with E-state index in [2.05, 4.69) is 10.6 Å². The van der Waals surface area contributed by atoms with E-state index in [1.807, 2.05) is 13.0 Å². The van der Waals surface area contributed by atoms with Gasteiger partial charge in [0.25, 0.3) is 5.91 Å². The molecular formula is C27H36N4O5. The Kier molecular flexibility index (Phi) is 8.34. The fraction of sp³-hybridized carbons (Fsp3) is 0.630. The fourth-order valence-electron chi connectivity index (χ4n) is 6.57. The number of hydrogen-bond donors (Lipinski definition) is 2. The minimum Gasteiger partial charge on any atom is -0.494 e. The van der Waals surface area contributed by atoms with Crippen LogP contribution in [0.15, 0.2) is 24.3 Å². The summed E-state index contributed by atoms with van der Waals surface area (Å²) in [6.45, 7) is 2.31. The van der Waals surface area contributed by atoms with Crippen molar-refractivity contribution in [2.75, 3.05) is 31.2 Å². The molecule has 4 aliphatic carbocycles. The molecule has 9 heteroatoms. The van der Waals surface area contributed by atoms with Crippen molar-refractivity contribution in [2.24, 2.45) is 17.8 Å². The first kappa shape index (κ1) is 25.8. The molecule has 0 aliphatic heterocycles. The van der Waals surface area contributed by atoms with Crippen LogP contribution in [0.3, 0.4) is 0 Å². The number of nitrogens with zero attached hydrogens (tertiary/aromatic N) is 2. The van der Waals surface area contributed by atoms with Crippen LogP contribution in [0.2, 0.25) is 0 Å². The van der Waals surface area contributed by atoms with Crippen LogP contribution in [-0.2, 0) is 14.3 Å². The predicted molar refractivity (Wildman–Crippen MR) is 133 cm³/mol. The van der Waals surface area contributed by atoms with Crippen LogP contribution < -0.4 is 20.3 Å². The van der Waals surface area contributed by atoms with E-state index < -0.39 is 18.5 Å². The zero-order valence-electron chi connectivity index (χ0n) is 21.0. The van der Waals surface area contributed by atoms with Gasteiger partial charge in [0.15, 0.2) is 6.61 Å². The third-order valence-corrected chi connectivity index (χ3v) is 7.60. The molecule has 194 valence electrons. The predicted octanol–water partition coefficient (Wildman–Crippen LogP) is 3.53. The third-order valence-electron chi connectivity index (χ3n) is 7.60. The minimum absolute atomic E-state index is 0.0250. The van der Waals surface area contributed by atoms with Gasteiger partial charge < -0.3 is 25.0 Å². The third kappa shape index (κ3) is 6.48. The molecule has 4 bridgehead atoms. The van der Waals surface area contributed by atoms with Gasteiger partial charge in [-0.15, -0.1) is 0 Å². The Bertz CT molecular complexity index is 952. The molecule has 1 aromatic carbocycles. The Morgan fingerprint density at radius 1 is 1.08 bits per heavy atom. The lowest BCUT2D eigenvalue weighted by Gasteiger charge is -2.56. The first-order chi connectivity index (χ1) is 17.4. The number of rotatable bonds is 11. The first-order valence-corrected chi connectivity index (χ1v) is 13.0. The summed E-state index contributed by atoms with van der Waals surface area (Å²) < 4.78 is 10.6. The van der Waals surface area contributed by atoms with E-state index in [-0.39, 0.29) is 37.5 Å². The van der Waals surface area contributed by atoms with E-state index in [0.29, 0.717) is 18.0 Å². The van der Waals surface area contributed by atoms with Crippen LogP contribution in [0.4, 0.5) is 10.5 Å². The Morgan fingerprint density at radius 3 is 2.31 bits per heavy atom. The largest absolute Gasteiger partial charge is 0.494 e. The van der Waals surface area contributed by atoms with Gasteiger partial charge in [0, 0.05) is 24.3 Å². The van der Waals surface area contributed by atoms with Crippen LogP contribution in [0.5, 0.6) is 5.75 Å². The number of esters is 1. The van der Waals surface area contributed by atoms with Crippen molar-refractivity contribution in [2.45, 2.75) is 63.8 Å². The lowest BCUT2D eigenvalue weighted by Crippen LogP contribution is -2.61. The average Bonchev–Trinajstić information content (AvgIpc) is 2.83. The molecule has 3 amide bonds. The molecule has 4 fully saturated rings. The van der Waals surface area contributed by atoms with Crippen LogP contribution in [0.25, 0.3) is 0 Å². The molecule has 9 nitrogen and oxygen atoms in total. The lowest BCUT2D eigenvalue weighted by atomic mass is 9.53. The van der Waals surface area contributed by atoms with Crippen molar-refractivity contribution in [1.82, 2.24) is 10.6 Å². The van der Waals surface area contributed by atoms with Gasteiger partial charge in [-0.25, -0.2) is 4.79 Å². The maximum atomic E-state index is 12.7. The second-order valence-corrected chi connectivity index (χ2v) is 10.4. The number of nitriles is 1. The molecule has 0 unspecified atom stereocenters. The Balaban J connectivity index is 1.19. The number of ether oxygens (including phenoxy) is 2. The summed E-state index contributed by atoms with van der Waals surface area (Å²) in [7, 11) is 0. The Hall–Kier alpha value is -3.28. The van der Waals surface area contributed by atoms with Gasteiger partial charge in [-0.2, -0.15) is 5.26 Å². The van der Waals surface area contributed by atoms with Gasteiger partial charge in [0.2, 0.25) is 0 Å². The van der Waals surface area contributed by atoms with E-state index in [4.69, 9.17) is 14.7 Å². The van der Waals surface area contributed by atoms with Crippen LogP contribution in [0.1, 0.15) is 58.3 Å². The van der Waals surface area contributed by atoms with Crippen molar-refractivity contribution in [3.63, 3.8) is 0 Å². The summed E-state index contributed by atoms with van der Waals surface area (Å²) in [4.78, 5) is 38.9. The highest BCUT2D eigenvalue weighted by Gasteiger charge is 2.51. The highest BCUT2D eigenvalue weighted by molar-refractivity contribution is 5.95. The van der Waals surface area contributed by atoms with E-state index in [1.165, 1.54) is 24.2 Å². The Labute approximate surface area is 212 Å². The highest BCUT2D eigenvalue weighted by atomic mass is 16.5. The van der Waals surface area contributed by atoms with E-state index in [1.54, 1.807) is 24.3 Å². The molecular weight excluding hydrogens is 460 g/mol. The monoisotopic (exact) mass is 496 g/mol. The fourth-order valence-corrected chi connectivity index (χ4v) is 6.57. The van der Waals surface area contributed by atoms with Crippen LogP contribution in [-0.4, -0.2) is 49.7 Å². The summed E-state index contributed by atoms with van der Waals surface area (Å²) in [5.41, 5.74) is 0.511. The maximum Gasteiger partial charge on any atom is 0.315 e. The van der Waals surface area contributed by atoms with Gasteiger partial charge in [-0.3, -0.25) is 9.59 Å². The molecule has 0 saturated heterocycles. The van der Waals surface area contributed by atoms with Crippen molar-refractivity contribution < 1.29 is 23.9 Å². The van der Waals surface area contributed by atoms with E-state index in [0.717, 1.165) is 37.0 Å². The minimum atomic E-state index is -0.564. The number of anilines is 1. The van der Waals surface area contributed by atoms with Crippen LogP contribution >= 0.6 is 0 Å². The molecule has 0 heterocycles. The lowest BCUT2D eigenvalue weighted by molar-refractivity contribution is -0.147. The number of benzene rings is 1. The molecule has 0 atom stereocenters. The maximum absolute atomic E-state index is 12.7. The molecule has 36 heavy (non-hydrogen) atoms. The standard InChI is InChI=1S/C27H36N4O5/c1-2-35-23-6-4-22(5-7-23)31(11-3-9-28)24(32)18-36-25(33)8-10-29-26(34)30-27-15-19-12-20(16-27)14-21(13-19)17-27/h4-7,19-21H,2-3,8,10-18H2,1H3,(H2,29,30,34). The number of nitrogens with one attached hydrogen (secondary N) is 2. The first-order valence-electron chi connectivity index (χ1n) is 13.0. The zero-order chi connectivity index (χ0) is 25.5. The summed E-state index contributed by atoms with van der Waals surface area (Å²) in [6, 6.07) is 8.75. The molecule has 4 aliphatic rings. The summed E-state index contributed by atoms with van der Waals surface area (Å²) in [5.74, 6) is 1.90. The van der Waals surface area contributed by atoms with Gasteiger partial charge in [0.05, 0.1) is 25.5 Å². The van der Waals surface area contributed by atoms with Gasteiger partial charge >= 0.3 is 12.0 Å². The second-order valence-electron chi connectivity index (χ2n) is 10.4. The average molecular weight is 497 g/mol. The summed E-state index contributed by atoms with van der Waals surface area (Å²) in [5, 5.41) is 14.9. The quantitative estimate of drug-likeness (QED) is 0.452. The number of hydrogen-bond acceptors (Lipinski definition) is 6. The smallest absolute Gasteiger partial charge is 0.315 e. The zero-order valence-corrected chi connectivity index (χ0v) is 21.0. The topological polar surface area (TPSA) is 121 Å². The molecule has 0 aromatic heterocycles. The van der Waals surface area contributed by atoms with Crippen molar-refractivity contribution in [1.29, 1.82) is 5.26 Å². The number of carbonyl (C=O) groups is 3. The van der Waals surface area contributed by atoms with Crippen LogP contribution in [0, 0.1) is 29.1 Å². The van der Waals surface area contributed by atoms with Crippen molar-refractivity contribution in [3.8, 4) is 11.8 Å². The summed E-state index contributed by atoms with van der Waals surface area (Å²) >= 11 is 0. The molecule has 2 N–H and O–H groups in total. The normalized spacial score (nSPS) is 25.5. The molecule has 4 saturated carbocycles. The number of amides is 3. The molecule has 1 aromatic rings. The summed E-state index contributed by atoms with van der Waals surface area (Å²) in [6.07, 6.45) is 7.23. The van der Waals surface area contributed by atoms with Gasteiger partial charge in [-0.05, 0) is 87.5 Å². The SMILES string of the molecule is CCOc1ccc(N(CCC#N)C(=O)COC(=O)CCNC(=O)NC23CC4CC(CC(C4)C2)C3)cc1. The molecule has 5 rings (SSSR count). The number of urea groups is 1. The van der Waals surface area contributed by atoms with Gasteiger partial charge in [-0.1, -0.05) is 0 Å².